The molecule has 1 saturated carbocycles. The zero-order valence-corrected chi connectivity index (χ0v) is 9.32. The molecule has 1 aromatic heterocycles. The average Bonchev–Trinajstić information content (AvgIpc) is 3.06. The van der Waals surface area contributed by atoms with Gasteiger partial charge in [-0.2, -0.15) is 0 Å². The Kier molecular flexibility index (Phi) is 2.33. The third-order valence-electron chi connectivity index (χ3n) is 3.02. The highest BCUT2D eigenvalue weighted by Gasteiger charge is 2.21. The van der Waals surface area contributed by atoms with Crippen LogP contribution in [-0.4, -0.2) is 13.2 Å². The lowest BCUT2D eigenvalue weighted by atomic mass is 10.1. The van der Waals surface area contributed by atoms with Crippen LogP contribution in [0.4, 0.5) is 0 Å². The summed E-state index contributed by atoms with van der Waals surface area (Å²) >= 11 is 0. The fraction of sp³-hybridized carbons (Fsp3) is 0.385. The number of hydrogen-bond donors (Lipinski definition) is 1. The van der Waals surface area contributed by atoms with E-state index in [1.807, 2.05) is 18.4 Å². The fourth-order valence-electron chi connectivity index (χ4n) is 1.92. The first-order chi connectivity index (χ1) is 7.88. The van der Waals surface area contributed by atoms with Crippen molar-refractivity contribution in [2.45, 2.75) is 25.4 Å². The molecule has 0 amide bonds. The highest BCUT2D eigenvalue weighted by atomic mass is 16.5. The van der Waals surface area contributed by atoms with Crippen molar-refractivity contribution in [1.82, 2.24) is 5.32 Å². The summed E-state index contributed by atoms with van der Waals surface area (Å²) in [6.45, 7) is 0.880. The second kappa shape index (κ2) is 3.83. The van der Waals surface area contributed by atoms with Crippen molar-refractivity contribution < 1.29 is 9.15 Å². The Morgan fingerprint density at radius 3 is 3.06 bits per heavy atom. The van der Waals surface area contributed by atoms with Crippen molar-refractivity contribution in [2.24, 2.45) is 0 Å². The van der Waals surface area contributed by atoms with E-state index in [0.29, 0.717) is 0 Å². The molecule has 1 fully saturated rings. The molecule has 16 heavy (non-hydrogen) atoms. The van der Waals surface area contributed by atoms with Gasteiger partial charge < -0.3 is 14.5 Å². The van der Waals surface area contributed by atoms with E-state index in [0.717, 1.165) is 29.3 Å². The van der Waals surface area contributed by atoms with Crippen molar-refractivity contribution in [3.8, 4) is 5.75 Å². The standard InChI is InChI=1S/C13H15NO2/c1-15-12-4-2-3-11-9(8-16-13(11)12)7-14-10-5-6-10/h2-4,8,10,14H,5-7H2,1H3. The van der Waals surface area contributed by atoms with Crippen LogP contribution >= 0.6 is 0 Å². The molecule has 0 bridgehead atoms. The molecule has 3 heteroatoms. The lowest BCUT2D eigenvalue weighted by Crippen LogP contribution is -2.14. The van der Waals surface area contributed by atoms with Gasteiger partial charge in [0.2, 0.25) is 0 Å². The molecule has 1 aliphatic carbocycles. The predicted molar refractivity (Wildman–Crippen MR) is 62.6 cm³/mol. The zero-order chi connectivity index (χ0) is 11.0. The zero-order valence-electron chi connectivity index (χ0n) is 9.32. The largest absolute Gasteiger partial charge is 0.493 e. The van der Waals surface area contributed by atoms with Gasteiger partial charge in [0.15, 0.2) is 11.3 Å². The summed E-state index contributed by atoms with van der Waals surface area (Å²) in [5.41, 5.74) is 2.05. The highest BCUT2D eigenvalue weighted by molar-refractivity contribution is 5.86. The van der Waals surface area contributed by atoms with Gasteiger partial charge in [-0.1, -0.05) is 12.1 Å². The number of hydrogen-bond acceptors (Lipinski definition) is 3. The molecule has 0 saturated heterocycles. The number of ether oxygens (including phenoxy) is 1. The van der Waals surface area contributed by atoms with Gasteiger partial charge in [-0.25, -0.2) is 0 Å². The van der Waals surface area contributed by atoms with Gasteiger partial charge in [-0.15, -0.1) is 0 Å². The van der Waals surface area contributed by atoms with Gasteiger partial charge >= 0.3 is 0 Å². The maximum absolute atomic E-state index is 5.56. The molecule has 0 atom stereocenters. The van der Waals surface area contributed by atoms with Crippen LogP contribution in [-0.2, 0) is 6.54 Å². The van der Waals surface area contributed by atoms with Crippen LogP contribution < -0.4 is 10.1 Å². The fourth-order valence-corrected chi connectivity index (χ4v) is 1.92. The summed E-state index contributed by atoms with van der Waals surface area (Å²) in [5, 5.41) is 4.63. The number of para-hydroxylation sites is 1. The first kappa shape index (κ1) is 9.73. The van der Waals surface area contributed by atoms with Crippen molar-refractivity contribution in [2.75, 3.05) is 7.11 Å². The van der Waals surface area contributed by atoms with E-state index in [9.17, 15) is 0 Å². The summed E-state index contributed by atoms with van der Waals surface area (Å²) < 4.78 is 10.8. The Morgan fingerprint density at radius 2 is 2.31 bits per heavy atom. The van der Waals surface area contributed by atoms with Gasteiger partial charge in [0.1, 0.15) is 0 Å². The smallest absolute Gasteiger partial charge is 0.176 e. The maximum Gasteiger partial charge on any atom is 0.176 e. The van der Waals surface area contributed by atoms with Crippen LogP contribution in [0.25, 0.3) is 11.0 Å². The van der Waals surface area contributed by atoms with E-state index < -0.39 is 0 Å². The lowest BCUT2D eigenvalue weighted by Gasteiger charge is -2.01. The Bertz CT molecular complexity index is 500. The Labute approximate surface area is 94.4 Å². The SMILES string of the molecule is COc1cccc2c(CNC3CC3)coc12. The van der Waals surface area contributed by atoms with E-state index in [4.69, 9.17) is 9.15 Å². The van der Waals surface area contributed by atoms with Crippen molar-refractivity contribution in [3.63, 3.8) is 0 Å². The van der Waals surface area contributed by atoms with Crippen LogP contribution in [0.3, 0.4) is 0 Å². The first-order valence-corrected chi connectivity index (χ1v) is 5.65. The van der Waals surface area contributed by atoms with Crippen LogP contribution in [0.1, 0.15) is 18.4 Å². The van der Waals surface area contributed by atoms with E-state index in [2.05, 4.69) is 11.4 Å². The predicted octanol–water partition coefficient (Wildman–Crippen LogP) is 2.69. The van der Waals surface area contributed by atoms with Gasteiger partial charge in [0.25, 0.3) is 0 Å². The minimum Gasteiger partial charge on any atom is -0.493 e. The Hall–Kier alpha value is -1.48. The van der Waals surface area contributed by atoms with E-state index >= 15 is 0 Å². The highest BCUT2D eigenvalue weighted by Crippen LogP contribution is 2.30. The van der Waals surface area contributed by atoms with Gasteiger partial charge in [0, 0.05) is 23.5 Å². The maximum atomic E-state index is 5.56. The Morgan fingerprint density at radius 1 is 1.44 bits per heavy atom. The summed E-state index contributed by atoms with van der Waals surface area (Å²) in [4.78, 5) is 0. The molecular weight excluding hydrogens is 202 g/mol. The number of nitrogens with one attached hydrogen (secondary N) is 1. The van der Waals surface area contributed by atoms with Crippen LogP contribution in [0.2, 0.25) is 0 Å². The first-order valence-electron chi connectivity index (χ1n) is 5.65. The average molecular weight is 217 g/mol. The monoisotopic (exact) mass is 217 g/mol. The third-order valence-corrected chi connectivity index (χ3v) is 3.02. The van der Waals surface area contributed by atoms with Crippen molar-refractivity contribution in [3.05, 3.63) is 30.0 Å². The second-order valence-electron chi connectivity index (χ2n) is 4.25. The van der Waals surface area contributed by atoms with E-state index in [-0.39, 0.29) is 0 Å². The molecule has 1 aliphatic rings. The third kappa shape index (κ3) is 1.67. The number of methoxy groups -OCH3 is 1. The summed E-state index contributed by atoms with van der Waals surface area (Å²) in [5.74, 6) is 0.801. The molecule has 1 heterocycles. The molecule has 0 aliphatic heterocycles. The normalized spacial score (nSPS) is 15.6. The molecule has 84 valence electrons. The van der Waals surface area contributed by atoms with E-state index in [1.54, 1.807) is 7.11 Å². The number of furan rings is 1. The van der Waals surface area contributed by atoms with Crippen molar-refractivity contribution in [1.29, 1.82) is 0 Å². The molecule has 2 aromatic rings. The van der Waals surface area contributed by atoms with Gasteiger partial charge in [0.05, 0.1) is 13.4 Å². The van der Waals surface area contributed by atoms with Crippen LogP contribution in [0.15, 0.2) is 28.9 Å². The van der Waals surface area contributed by atoms with E-state index in [1.165, 1.54) is 18.4 Å². The lowest BCUT2D eigenvalue weighted by molar-refractivity contribution is 0.410. The van der Waals surface area contributed by atoms with Crippen molar-refractivity contribution >= 4 is 11.0 Å². The van der Waals surface area contributed by atoms with Crippen LogP contribution in [0, 0.1) is 0 Å². The molecule has 3 rings (SSSR count). The molecule has 1 N–H and O–H groups in total. The second-order valence-corrected chi connectivity index (χ2v) is 4.25. The molecule has 1 aromatic carbocycles. The molecule has 3 nitrogen and oxygen atoms in total. The van der Waals surface area contributed by atoms with Gasteiger partial charge in [-0.3, -0.25) is 0 Å². The van der Waals surface area contributed by atoms with Gasteiger partial charge in [-0.05, 0) is 18.9 Å². The quantitative estimate of drug-likeness (QED) is 0.855. The molecule has 0 spiro atoms. The minimum atomic E-state index is 0.718. The Balaban J connectivity index is 1.92. The minimum absolute atomic E-state index is 0.718. The number of fused-ring (bicyclic) bond motifs is 1. The summed E-state index contributed by atoms with van der Waals surface area (Å²) in [7, 11) is 1.67. The molecular formula is C13H15NO2. The topological polar surface area (TPSA) is 34.4 Å². The molecule has 0 unspecified atom stereocenters. The number of rotatable bonds is 4. The number of benzene rings is 1. The summed E-state index contributed by atoms with van der Waals surface area (Å²) in [6, 6.07) is 6.71. The summed E-state index contributed by atoms with van der Waals surface area (Å²) in [6.07, 6.45) is 4.43. The molecule has 0 radical (unpaired) electrons. The van der Waals surface area contributed by atoms with Crippen LogP contribution in [0.5, 0.6) is 5.75 Å².